The Labute approximate surface area is 234 Å². The highest BCUT2D eigenvalue weighted by Gasteiger charge is 2.36. The molecule has 4 amide bonds. The van der Waals surface area contributed by atoms with E-state index in [0.717, 1.165) is 43.2 Å². The number of nitrogens with zero attached hydrogens (tertiary/aromatic N) is 1. The zero-order valence-corrected chi connectivity index (χ0v) is 25.0. The molecule has 1 aromatic carbocycles. The van der Waals surface area contributed by atoms with E-state index < -0.39 is 35.6 Å². The molecule has 0 aliphatic carbocycles. The summed E-state index contributed by atoms with van der Waals surface area (Å²) in [7, 11) is 0. The van der Waals surface area contributed by atoms with E-state index in [1.807, 2.05) is 39.0 Å². The van der Waals surface area contributed by atoms with E-state index in [-0.39, 0.29) is 18.7 Å². The number of nitrogens with one attached hydrogen (secondary N) is 2. The van der Waals surface area contributed by atoms with Gasteiger partial charge in [-0.25, -0.2) is 4.79 Å². The van der Waals surface area contributed by atoms with Gasteiger partial charge in [-0.2, -0.15) is 0 Å². The molecular weight excluding hydrogens is 496 g/mol. The van der Waals surface area contributed by atoms with Crippen molar-refractivity contribution in [2.24, 2.45) is 5.73 Å². The van der Waals surface area contributed by atoms with Gasteiger partial charge in [-0.05, 0) is 70.6 Å². The van der Waals surface area contributed by atoms with Crippen LogP contribution in [0.3, 0.4) is 0 Å². The van der Waals surface area contributed by atoms with Crippen molar-refractivity contribution in [2.45, 2.75) is 118 Å². The third kappa shape index (κ3) is 12.5. The highest BCUT2D eigenvalue weighted by atomic mass is 16.6. The van der Waals surface area contributed by atoms with Gasteiger partial charge in [0.15, 0.2) is 0 Å². The van der Waals surface area contributed by atoms with Crippen LogP contribution in [-0.4, -0.2) is 53.4 Å². The SMILES string of the molecule is CCCCCCN(C(=O)C(CCC(N)=O)NC(=O)OC(C)(C)C)C(C(=O)NCCCC)c1ccc(C)c(C)c1. The molecule has 0 aromatic heterocycles. The molecule has 0 aliphatic heterocycles. The van der Waals surface area contributed by atoms with Crippen LogP contribution in [0, 0.1) is 13.8 Å². The lowest BCUT2D eigenvalue weighted by molar-refractivity contribution is -0.142. The van der Waals surface area contributed by atoms with Crippen molar-refractivity contribution in [2.75, 3.05) is 13.1 Å². The Balaban J connectivity index is 3.51. The van der Waals surface area contributed by atoms with Crippen molar-refractivity contribution in [1.29, 1.82) is 0 Å². The molecule has 0 spiro atoms. The maximum Gasteiger partial charge on any atom is 0.408 e. The van der Waals surface area contributed by atoms with Gasteiger partial charge in [0.1, 0.15) is 17.7 Å². The largest absolute Gasteiger partial charge is 0.444 e. The molecule has 9 nitrogen and oxygen atoms in total. The number of nitrogens with two attached hydrogens (primary N) is 1. The minimum Gasteiger partial charge on any atom is -0.444 e. The van der Waals surface area contributed by atoms with E-state index in [1.165, 1.54) is 0 Å². The molecule has 9 heteroatoms. The fourth-order valence-corrected chi connectivity index (χ4v) is 4.16. The predicted octanol–water partition coefficient (Wildman–Crippen LogP) is 4.83. The number of unbranched alkanes of at least 4 members (excludes halogenated alkanes) is 4. The zero-order chi connectivity index (χ0) is 29.6. The first-order valence-corrected chi connectivity index (χ1v) is 14.2. The maximum atomic E-state index is 14.1. The lowest BCUT2D eigenvalue weighted by atomic mass is 9.97. The summed E-state index contributed by atoms with van der Waals surface area (Å²) >= 11 is 0. The summed E-state index contributed by atoms with van der Waals surface area (Å²) in [5.41, 5.74) is 7.40. The molecule has 0 fully saturated rings. The van der Waals surface area contributed by atoms with Crippen molar-refractivity contribution in [3.05, 3.63) is 34.9 Å². The summed E-state index contributed by atoms with van der Waals surface area (Å²) in [5, 5.41) is 5.63. The Morgan fingerprint density at radius 2 is 1.64 bits per heavy atom. The number of hydrogen-bond donors (Lipinski definition) is 3. The number of aryl methyl sites for hydroxylation is 2. The highest BCUT2D eigenvalue weighted by Crippen LogP contribution is 2.26. The van der Waals surface area contributed by atoms with Gasteiger partial charge in [0.2, 0.25) is 17.7 Å². The molecule has 1 aromatic rings. The Kier molecular flexibility index (Phi) is 14.6. The lowest BCUT2D eigenvalue weighted by Gasteiger charge is -2.35. The number of amides is 4. The van der Waals surface area contributed by atoms with E-state index in [4.69, 9.17) is 10.5 Å². The second-order valence-electron chi connectivity index (χ2n) is 11.2. The molecule has 2 atom stereocenters. The quantitative estimate of drug-likeness (QED) is 0.256. The number of primary amides is 1. The second-order valence-corrected chi connectivity index (χ2v) is 11.2. The molecule has 39 heavy (non-hydrogen) atoms. The number of carbonyl (C=O) groups excluding carboxylic acids is 4. The lowest BCUT2D eigenvalue weighted by Crippen LogP contribution is -2.53. The van der Waals surface area contributed by atoms with Gasteiger partial charge in [0.25, 0.3) is 0 Å². The number of alkyl carbamates (subject to hydrolysis) is 1. The molecule has 0 aliphatic rings. The first-order valence-electron chi connectivity index (χ1n) is 14.2. The van der Waals surface area contributed by atoms with E-state index in [2.05, 4.69) is 17.6 Å². The summed E-state index contributed by atoms with van der Waals surface area (Å²) in [6.07, 6.45) is 4.46. The summed E-state index contributed by atoms with van der Waals surface area (Å²) in [6.45, 7) is 14.1. The second kappa shape index (κ2) is 16.8. The standard InChI is InChI=1S/C30H50N4O5/c1-8-10-12-13-19-34(28(37)24(16-17-25(31)35)33-29(38)39-30(5,6)7)26(27(36)32-18-11-9-2)23-15-14-21(3)22(4)20-23/h14-15,20,24,26H,8-13,16-19H2,1-7H3,(H2,31,35)(H,32,36)(H,33,38). The number of benzene rings is 1. The smallest absolute Gasteiger partial charge is 0.408 e. The molecular formula is C30H50N4O5. The van der Waals surface area contributed by atoms with Gasteiger partial charge < -0.3 is 26.0 Å². The fraction of sp³-hybridized carbons (Fsp3) is 0.667. The van der Waals surface area contributed by atoms with E-state index in [1.54, 1.807) is 25.7 Å². The van der Waals surface area contributed by atoms with Crippen LogP contribution in [0.5, 0.6) is 0 Å². The van der Waals surface area contributed by atoms with Crippen molar-refractivity contribution >= 4 is 23.8 Å². The minimum absolute atomic E-state index is 0.00400. The third-order valence-corrected chi connectivity index (χ3v) is 6.44. The topological polar surface area (TPSA) is 131 Å². The van der Waals surface area contributed by atoms with Crippen LogP contribution in [0.4, 0.5) is 4.79 Å². The van der Waals surface area contributed by atoms with Crippen molar-refractivity contribution in [3.63, 3.8) is 0 Å². The highest BCUT2D eigenvalue weighted by molar-refractivity contribution is 5.92. The zero-order valence-electron chi connectivity index (χ0n) is 25.0. The molecule has 0 bridgehead atoms. The van der Waals surface area contributed by atoms with Gasteiger partial charge in [0.05, 0.1) is 0 Å². The minimum atomic E-state index is -1.09. The van der Waals surface area contributed by atoms with Crippen LogP contribution >= 0.6 is 0 Å². The fourth-order valence-electron chi connectivity index (χ4n) is 4.16. The number of rotatable bonds is 16. The predicted molar refractivity (Wildman–Crippen MR) is 154 cm³/mol. The third-order valence-electron chi connectivity index (χ3n) is 6.44. The average molecular weight is 547 g/mol. The van der Waals surface area contributed by atoms with E-state index in [0.29, 0.717) is 25.1 Å². The van der Waals surface area contributed by atoms with E-state index in [9.17, 15) is 19.2 Å². The van der Waals surface area contributed by atoms with Crippen LogP contribution in [0.1, 0.15) is 109 Å². The number of carbonyl (C=O) groups is 4. The molecule has 2 unspecified atom stereocenters. The number of hydrogen-bond acceptors (Lipinski definition) is 5. The van der Waals surface area contributed by atoms with Crippen LogP contribution < -0.4 is 16.4 Å². The van der Waals surface area contributed by atoms with Crippen LogP contribution in [-0.2, 0) is 19.1 Å². The van der Waals surface area contributed by atoms with Crippen LogP contribution in [0.15, 0.2) is 18.2 Å². The monoisotopic (exact) mass is 546 g/mol. The number of ether oxygens (including phenoxy) is 1. The Morgan fingerprint density at radius 3 is 2.21 bits per heavy atom. The van der Waals surface area contributed by atoms with Gasteiger partial charge >= 0.3 is 6.09 Å². The van der Waals surface area contributed by atoms with Crippen molar-refractivity contribution in [1.82, 2.24) is 15.5 Å². The maximum absolute atomic E-state index is 14.1. The Morgan fingerprint density at radius 1 is 0.974 bits per heavy atom. The summed E-state index contributed by atoms with van der Waals surface area (Å²) < 4.78 is 5.39. The molecule has 220 valence electrons. The van der Waals surface area contributed by atoms with Gasteiger partial charge in [-0.3, -0.25) is 14.4 Å². The molecule has 0 saturated carbocycles. The summed E-state index contributed by atoms with van der Waals surface area (Å²) in [5.74, 6) is -1.31. The average Bonchev–Trinajstić information content (AvgIpc) is 2.84. The van der Waals surface area contributed by atoms with Gasteiger partial charge in [0, 0.05) is 19.5 Å². The van der Waals surface area contributed by atoms with Crippen LogP contribution in [0.2, 0.25) is 0 Å². The molecule has 0 radical (unpaired) electrons. The molecule has 1 rings (SSSR count). The normalized spacial score (nSPS) is 12.8. The van der Waals surface area contributed by atoms with Gasteiger partial charge in [-0.15, -0.1) is 0 Å². The van der Waals surface area contributed by atoms with Gasteiger partial charge in [-0.1, -0.05) is 57.7 Å². The van der Waals surface area contributed by atoms with Crippen molar-refractivity contribution in [3.8, 4) is 0 Å². The summed E-state index contributed by atoms with van der Waals surface area (Å²) in [6, 6.07) is 3.77. The van der Waals surface area contributed by atoms with Crippen molar-refractivity contribution < 1.29 is 23.9 Å². The molecule has 0 saturated heterocycles. The van der Waals surface area contributed by atoms with E-state index >= 15 is 0 Å². The van der Waals surface area contributed by atoms with Crippen LogP contribution in [0.25, 0.3) is 0 Å². The molecule has 0 heterocycles. The first-order chi connectivity index (χ1) is 18.3. The molecule has 4 N–H and O–H groups in total. The summed E-state index contributed by atoms with van der Waals surface area (Å²) in [4.78, 5) is 53.6. The Hall–Kier alpha value is -3.10. The first kappa shape index (κ1) is 33.9. The Bertz CT molecular complexity index is 957.